The standard InChI is InChI=1S/C22H30BrClN4O5/c1-20(2,3)31-18(29)27(16-8-15(24)26-17-14(23)11-25-28(16)17)12-13-9-22(7,10-13)33-19(30)32-21(4,5)6/h8,11,13H,9-10,12H2,1-7H3. The van der Waals surface area contributed by atoms with Gasteiger partial charge in [0.15, 0.2) is 5.65 Å². The molecule has 1 fully saturated rings. The molecule has 0 unspecified atom stereocenters. The quantitative estimate of drug-likeness (QED) is 0.343. The van der Waals surface area contributed by atoms with E-state index in [1.165, 1.54) is 9.42 Å². The molecule has 0 radical (unpaired) electrons. The minimum atomic E-state index is -0.698. The van der Waals surface area contributed by atoms with Crippen molar-refractivity contribution in [2.24, 2.45) is 5.92 Å². The molecule has 0 aromatic carbocycles. The highest BCUT2D eigenvalue weighted by Gasteiger charge is 2.46. The van der Waals surface area contributed by atoms with Crippen LogP contribution in [0, 0.1) is 5.92 Å². The number of anilines is 1. The van der Waals surface area contributed by atoms with E-state index in [0.29, 0.717) is 35.3 Å². The highest BCUT2D eigenvalue weighted by atomic mass is 79.9. The number of rotatable bonds is 4. The summed E-state index contributed by atoms with van der Waals surface area (Å²) in [7, 11) is 0. The van der Waals surface area contributed by atoms with Gasteiger partial charge in [0.25, 0.3) is 0 Å². The van der Waals surface area contributed by atoms with E-state index in [2.05, 4.69) is 26.0 Å². The van der Waals surface area contributed by atoms with Gasteiger partial charge < -0.3 is 14.2 Å². The SMILES string of the molecule is CC(C)(C)OC(=O)OC1(C)CC(CN(C(=O)OC(C)(C)C)c2cc(Cl)nc3c(Br)cnn23)C1. The normalized spacial score (nSPS) is 20.8. The second-order valence-electron chi connectivity index (χ2n) is 10.5. The maximum absolute atomic E-state index is 13.2. The number of halogens is 2. The zero-order valence-electron chi connectivity index (χ0n) is 19.9. The summed E-state index contributed by atoms with van der Waals surface area (Å²) in [6.07, 6.45) is 1.49. The van der Waals surface area contributed by atoms with Gasteiger partial charge in [-0.3, -0.25) is 4.90 Å². The first-order valence-corrected chi connectivity index (χ1v) is 11.8. The van der Waals surface area contributed by atoms with Crippen LogP contribution in [-0.4, -0.2) is 50.2 Å². The van der Waals surface area contributed by atoms with Gasteiger partial charge in [0.05, 0.1) is 10.7 Å². The highest BCUT2D eigenvalue weighted by molar-refractivity contribution is 9.10. The molecule has 0 atom stereocenters. The number of nitrogens with zero attached hydrogens (tertiary/aromatic N) is 4. The molecular formula is C22H30BrClN4O5. The molecule has 0 N–H and O–H groups in total. The number of fused-ring (bicyclic) bond motifs is 1. The van der Waals surface area contributed by atoms with Crippen LogP contribution in [0.1, 0.15) is 61.3 Å². The smallest absolute Gasteiger partial charge is 0.443 e. The van der Waals surface area contributed by atoms with E-state index in [1.54, 1.807) is 53.8 Å². The summed E-state index contributed by atoms with van der Waals surface area (Å²) in [5.41, 5.74) is -1.50. The predicted molar refractivity (Wildman–Crippen MR) is 128 cm³/mol. The highest BCUT2D eigenvalue weighted by Crippen LogP contribution is 2.42. The van der Waals surface area contributed by atoms with E-state index in [-0.39, 0.29) is 11.1 Å². The summed E-state index contributed by atoms with van der Waals surface area (Å²) in [6, 6.07) is 1.58. The molecular weight excluding hydrogens is 516 g/mol. The summed E-state index contributed by atoms with van der Waals surface area (Å²) in [6.45, 7) is 13.0. The Balaban J connectivity index is 1.81. The molecule has 1 amide bonds. The van der Waals surface area contributed by atoms with E-state index in [4.69, 9.17) is 25.8 Å². The first-order valence-electron chi connectivity index (χ1n) is 10.7. The van der Waals surface area contributed by atoms with E-state index in [0.717, 1.165) is 0 Å². The molecule has 0 aliphatic heterocycles. The Kier molecular flexibility index (Phi) is 6.92. The van der Waals surface area contributed by atoms with Crippen LogP contribution in [-0.2, 0) is 14.2 Å². The lowest BCUT2D eigenvalue weighted by molar-refractivity contribution is -0.109. The Bertz CT molecular complexity index is 1050. The number of hydrogen-bond acceptors (Lipinski definition) is 7. The van der Waals surface area contributed by atoms with Crippen molar-refractivity contribution >= 4 is 51.2 Å². The van der Waals surface area contributed by atoms with Gasteiger partial charge in [-0.15, -0.1) is 0 Å². The molecule has 33 heavy (non-hydrogen) atoms. The maximum Gasteiger partial charge on any atom is 0.509 e. The van der Waals surface area contributed by atoms with Crippen LogP contribution in [0.25, 0.3) is 5.65 Å². The zero-order valence-corrected chi connectivity index (χ0v) is 22.3. The van der Waals surface area contributed by atoms with Crippen molar-refractivity contribution in [1.29, 1.82) is 0 Å². The average molecular weight is 546 g/mol. The second-order valence-corrected chi connectivity index (χ2v) is 11.8. The van der Waals surface area contributed by atoms with Crippen molar-refractivity contribution in [3.63, 3.8) is 0 Å². The van der Waals surface area contributed by atoms with Gasteiger partial charge in [-0.2, -0.15) is 9.61 Å². The zero-order chi connectivity index (χ0) is 24.8. The van der Waals surface area contributed by atoms with Crippen LogP contribution in [0.4, 0.5) is 15.4 Å². The lowest BCUT2D eigenvalue weighted by Gasteiger charge is -2.45. The minimum Gasteiger partial charge on any atom is -0.443 e. The summed E-state index contributed by atoms with van der Waals surface area (Å²) in [4.78, 5) is 31.1. The molecule has 2 aromatic rings. The van der Waals surface area contributed by atoms with Crippen molar-refractivity contribution in [2.45, 2.75) is 78.1 Å². The lowest BCUT2D eigenvalue weighted by Crippen LogP contribution is -2.51. The van der Waals surface area contributed by atoms with Crippen LogP contribution < -0.4 is 4.90 Å². The van der Waals surface area contributed by atoms with Gasteiger partial charge >= 0.3 is 12.2 Å². The topological polar surface area (TPSA) is 95.3 Å². The third-order valence-electron chi connectivity index (χ3n) is 4.87. The Morgan fingerprint density at radius 2 is 1.82 bits per heavy atom. The van der Waals surface area contributed by atoms with E-state index < -0.39 is 29.1 Å². The average Bonchev–Trinajstić information content (AvgIpc) is 2.95. The first-order chi connectivity index (χ1) is 15.1. The van der Waals surface area contributed by atoms with Crippen molar-refractivity contribution in [2.75, 3.05) is 11.4 Å². The van der Waals surface area contributed by atoms with Crippen molar-refractivity contribution in [3.05, 3.63) is 21.9 Å². The third kappa shape index (κ3) is 6.50. The van der Waals surface area contributed by atoms with Crippen molar-refractivity contribution in [1.82, 2.24) is 14.6 Å². The molecule has 9 nitrogen and oxygen atoms in total. The van der Waals surface area contributed by atoms with Crippen molar-refractivity contribution < 1.29 is 23.8 Å². The van der Waals surface area contributed by atoms with Crippen LogP contribution in [0.15, 0.2) is 16.7 Å². The molecule has 2 heterocycles. The van der Waals surface area contributed by atoms with Crippen LogP contribution in [0.5, 0.6) is 0 Å². The Morgan fingerprint density at radius 1 is 1.21 bits per heavy atom. The number of ether oxygens (including phenoxy) is 3. The lowest BCUT2D eigenvalue weighted by atomic mass is 9.71. The third-order valence-corrected chi connectivity index (χ3v) is 5.62. The molecule has 3 rings (SSSR count). The molecule has 2 aromatic heterocycles. The Labute approximate surface area is 206 Å². The number of aromatic nitrogens is 3. The summed E-state index contributed by atoms with van der Waals surface area (Å²) in [5, 5.41) is 4.55. The fourth-order valence-corrected chi connectivity index (χ4v) is 4.29. The summed E-state index contributed by atoms with van der Waals surface area (Å²) in [5.74, 6) is 0.498. The van der Waals surface area contributed by atoms with Crippen LogP contribution in [0.2, 0.25) is 5.15 Å². The van der Waals surface area contributed by atoms with Gasteiger partial charge in [0.1, 0.15) is 27.8 Å². The molecule has 182 valence electrons. The summed E-state index contributed by atoms with van der Waals surface area (Å²) >= 11 is 9.66. The van der Waals surface area contributed by atoms with Crippen molar-refractivity contribution in [3.8, 4) is 0 Å². The van der Waals surface area contributed by atoms with Gasteiger partial charge in [-0.05, 0) is 83.2 Å². The molecule has 0 spiro atoms. The minimum absolute atomic E-state index is 0.0611. The predicted octanol–water partition coefficient (Wildman–Crippen LogP) is 6.01. The van der Waals surface area contributed by atoms with Gasteiger partial charge in [-0.25, -0.2) is 14.6 Å². The number of carbonyl (C=O) groups is 2. The maximum atomic E-state index is 13.2. The molecule has 0 bridgehead atoms. The van der Waals surface area contributed by atoms with Crippen LogP contribution in [0.3, 0.4) is 0 Å². The number of hydrogen-bond donors (Lipinski definition) is 0. The molecule has 11 heteroatoms. The monoisotopic (exact) mass is 544 g/mol. The number of amides is 1. The van der Waals surface area contributed by atoms with E-state index in [1.807, 2.05) is 6.92 Å². The van der Waals surface area contributed by atoms with E-state index in [9.17, 15) is 9.59 Å². The Morgan fingerprint density at radius 3 is 2.39 bits per heavy atom. The van der Waals surface area contributed by atoms with Gasteiger partial charge in [0.2, 0.25) is 0 Å². The largest absolute Gasteiger partial charge is 0.509 e. The second kappa shape index (κ2) is 8.94. The van der Waals surface area contributed by atoms with Crippen LogP contribution >= 0.6 is 27.5 Å². The molecule has 1 saturated carbocycles. The van der Waals surface area contributed by atoms with E-state index >= 15 is 0 Å². The van der Waals surface area contributed by atoms with Gasteiger partial charge in [0, 0.05) is 12.6 Å². The summed E-state index contributed by atoms with van der Waals surface area (Å²) < 4.78 is 18.7. The first kappa shape index (κ1) is 25.6. The Hall–Kier alpha value is -2.07. The molecule has 1 aliphatic carbocycles. The number of carbonyl (C=O) groups excluding carboxylic acids is 2. The van der Waals surface area contributed by atoms with Gasteiger partial charge in [-0.1, -0.05) is 11.6 Å². The fourth-order valence-electron chi connectivity index (χ4n) is 3.77. The molecule has 1 aliphatic rings. The molecule has 0 saturated heterocycles. The fraction of sp³-hybridized carbons (Fsp3) is 0.636.